The first-order valence-corrected chi connectivity index (χ1v) is 8.99. The summed E-state index contributed by atoms with van der Waals surface area (Å²) in [5, 5.41) is 2.89. The lowest BCUT2D eigenvalue weighted by Crippen LogP contribution is -2.48. The third-order valence-electron chi connectivity index (χ3n) is 4.72. The number of carbonyl (C=O) groups is 2. The molecule has 7 heteroatoms. The second kappa shape index (κ2) is 9.90. The molecule has 1 heterocycles. The molecule has 0 saturated carbocycles. The summed E-state index contributed by atoms with van der Waals surface area (Å²) in [4.78, 5) is 27.8. The van der Waals surface area contributed by atoms with Crippen LogP contribution < -0.4 is 11.1 Å². The van der Waals surface area contributed by atoms with Crippen LogP contribution >= 0.6 is 12.4 Å². The number of rotatable bonds is 6. The Morgan fingerprint density at radius 1 is 1.15 bits per heavy atom. The Bertz CT molecular complexity index is 596. The van der Waals surface area contributed by atoms with Gasteiger partial charge in [-0.05, 0) is 31.0 Å². The summed E-state index contributed by atoms with van der Waals surface area (Å²) in [6.45, 7) is 9.61. The number of hydrogen-bond acceptors (Lipinski definition) is 4. The maximum Gasteiger partial charge on any atom is 0.244 e. The maximum absolute atomic E-state index is 12.2. The second-order valence-corrected chi connectivity index (χ2v) is 7.10. The average molecular weight is 383 g/mol. The zero-order chi connectivity index (χ0) is 18.4. The minimum atomic E-state index is -0.843. The summed E-state index contributed by atoms with van der Waals surface area (Å²) in [5.74, 6) is -0.00261. The summed E-state index contributed by atoms with van der Waals surface area (Å²) in [6, 6.07) is 7.89. The van der Waals surface area contributed by atoms with E-state index in [4.69, 9.17) is 5.73 Å². The second-order valence-electron chi connectivity index (χ2n) is 7.10. The topological polar surface area (TPSA) is 78.7 Å². The number of nitrogens with one attached hydrogen (secondary N) is 1. The van der Waals surface area contributed by atoms with Gasteiger partial charge in [-0.1, -0.05) is 25.5 Å². The van der Waals surface area contributed by atoms with Crippen LogP contribution in [0.15, 0.2) is 24.3 Å². The number of halogens is 1. The van der Waals surface area contributed by atoms with Crippen LogP contribution in [0.5, 0.6) is 0 Å². The fourth-order valence-corrected chi connectivity index (χ4v) is 3.08. The normalized spacial score (nSPS) is 17.2. The van der Waals surface area contributed by atoms with Gasteiger partial charge in [0.25, 0.3) is 0 Å². The van der Waals surface area contributed by atoms with Crippen molar-refractivity contribution in [3.05, 3.63) is 29.8 Å². The first-order chi connectivity index (χ1) is 11.8. The van der Waals surface area contributed by atoms with Crippen molar-refractivity contribution in [3.63, 3.8) is 0 Å². The zero-order valence-electron chi connectivity index (χ0n) is 16.0. The van der Waals surface area contributed by atoms with Crippen molar-refractivity contribution in [3.8, 4) is 0 Å². The monoisotopic (exact) mass is 382 g/mol. The van der Waals surface area contributed by atoms with E-state index in [1.807, 2.05) is 36.1 Å². The van der Waals surface area contributed by atoms with E-state index in [0.29, 0.717) is 6.42 Å². The third-order valence-corrected chi connectivity index (χ3v) is 4.72. The van der Waals surface area contributed by atoms with Gasteiger partial charge >= 0.3 is 0 Å². The lowest BCUT2D eigenvalue weighted by Gasteiger charge is -2.34. The van der Waals surface area contributed by atoms with Gasteiger partial charge < -0.3 is 16.0 Å². The number of anilines is 1. The van der Waals surface area contributed by atoms with Gasteiger partial charge in [-0.3, -0.25) is 14.5 Å². The first-order valence-electron chi connectivity index (χ1n) is 8.99. The SMILES string of the molecule is CCCC(C)(N)C(=O)Nc1ccc(CN2CCN(C(C)=O)CC2)cc1.Cl. The molecule has 2 amide bonds. The van der Waals surface area contributed by atoms with E-state index in [0.717, 1.165) is 44.8 Å². The standard InChI is InChI=1S/C19H30N4O2.ClH/c1-4-9-19(3,20)18(25)21-17-7-5-16(6-8-17)14-22-10-12-23(13-11-22)15(2)24;/h5-8H,4,9-14,20H2,1-3H3,(H,21,25);1H. The molecule has 146 valence electrons. The van der Waals surface area contributed by atoms with Gasteiger partial charge in [0.05, 0.1) is 5.54 Å². The van der Waals surface area contributed by atoms with Gasteiger partial charge in [0, 0.05) is 45.3 Å². The van der Waals surface area contributed by atoms with Crippen molar-refractivity contribution in [2.45, 2.75) is 45.7 Å². The highest BCUT2D eigenvalue weighted by atomic mass is 35.5. The van der Waals surface area contributed by atoms with Crippen LogP contribution in [0.25, 0.3) is 0 Å². The highest BCUT2D eigenvalue weighted by Crippen LogP contribution is 2.16. The van der Waals surface area contributed by atoms with Crippen LogP contribution in [-0.2, 0) is 16.1 Å². The van der Waals surface area contributed by atoms with Gasteiger partial charge in [-0.25, -0.2) is 0 Å². The van der Waals surface area contributed by atoms with E-state index >= 15 is 0 Å². The molecule has 0 aromatic heterocycles. The van der Waals surface area contributed by atoms with Crippen LogP contribution in [0.4, 0.5) is 5.69 Å². The number of carbonyl (C=O) groups excluding carboxylic acids is 2. The highest BCUT2D eigenvalue weighted by molar-refractivity contribution is 5.97. The molecule has 1 aliphatic rings. The number of benzene rings is 1. The molecule has 3 N–H and O–H groups in total. The molecule has 1 unspecified atom stereocenters. The quantitative estimate of drug-likeness (QED) is 0.790. The largest absolute Gasteiger partial charge is 0.340 e. The van der Waals surface area contributed by atoms with Crippen LogP contribution in [0.3, 0.4) is 0 Å². The predicted octanol–water partition coefficient (Wildman–Crippen LogP) is 2.23. The molecule has 1 aromatic rings. The Morgan fingerprint density at radius 2 is 1.73 bits per heavy atom. The molecule has 1 saturated heterocycles. The molecule has 0 aliphatic carbocycles. The van der Waals surface area contributed by atoms with Crippen LogP contribution in [-0.4, -0.2) is 53.3 Å². The van der Waals surface area contributed by atoms with E-state index in [9.17, 15) is 9.59 Å². The van der Waals surface area contributed by atoms with Crippen LogP contribution in [0, 0.1) is 0 Å². The van der Waals surface area contributed by atoms with Crippen LogP contribution in [0.2, 0.25) is 0 Å². The number of hydrogen-bond donors (Lipinski definition) is 2. The molecular weight excluding hydrogens is 352 g/mol. The molecule has 0 bridgehead atoms. The summed E-state index contributed by atoms with van der Waals surface area (Å²) in [5.41, 5.74) is 7.17. The number of piperazine rings is 1. The third kappa shape index (κ3) is 6.27. The van der Waals surface area contributed by atoms with Crippen molar-refractivity contribution in [2.24, 2.45) is 5.73 Å². The van der Waals surface area contributed by atoms with E-state index < -0.39 is 5.54 Å². The molecule has 1 aromatic carbocycles. The van der Waals surface area contributed by atoms with Crippen molar-refractivity contribution < 1.29 is 9.59 Å². The maximum atomic E-state index is 12.2. The average Bonchev–Trinajstić information content (AvgIpc) is 2.57. The summed E-state index contributed by atoms with van der Waals surface area (Å²) < 4.78 is 0. The number of nitrogens with zero attached hydrogens (tertiary/aromatic N) is 2. The Hall–Kier alpha value is -1.63. The predicted molar refractivity (Wildman–Crippen MR) is 107 cm³/mol. The van der Waals surface area contributed by atoms with Gasteiger partial charge in [-0.15, -0.1) is 12.4 Å². The minimum absolute atomic E-state index is 0. The lowest BCUT2D eigenvalue weighted by atomic mass is 9.96. The van der Waals surface area contributed by atoms with Gasteiger partial charge in [0.1, 0.15) is 0 Å². The highest BCUT2D eigenvalue weighted by Gasteiger charge is 2.27. The Morgan fingerprint density at radius 3 is 2.23 bits per heavy atom. The molecule has 26 heavy (non-hydrogen) atoms. The fourth-order valence-electron chi connectivity index (χ4n) is 3.08. The summed E-state index contributed by atoms with van der Waals surface area (Å²) in [6.07, 6.45) is 1.53. The smallest absolute Gasteiger partial charge is 0.244 e. The fraction of sp³-hybridized carbons (Fsp3) is 0.579. The van der Waals surface area contributed by atoms with Crippen molar-refractivity contribution >= 4 is 29.9 Å². The minimum Gasteiger partial charge on any atom is -0.340 e. The Balaban J connectivity index is 0.00000338. The Labute approximate surface area is 162 Å². The van der Waals surface area contributed by atoms with Gasteiger partial charge in [0.15, 0.2) is 0 Å². The van der Waals surface area contributed by atoms with E-state index in [2.05, 4.69) is 10.2 Å². The van der Waals surface area contributed by atoms with Crippen LogP contribution in [0.1, 0.15) is 39.2 Å². The number of amides is 2. The lowest BCUT2D eigenvalue weighted by molar-refractivity contribution is -0.130. The summed E-state index contributed by atoms with van der Waals surface area (Å²) in [7, 11) is 0. The van der Waals surface area contributed by atoms with E-state index in [1.165, 1.54) is 5.56 Å². The van der Waals surface area contributed by atoms with Gasteiger partial charge in [0.2, 0.25) is 11.8 Å². The summed E-state index contributed by atoms with van der Waals surface area (Å²) >= 11 is 0. The molecule has 1 aliphatic heterocycles. The molecule has 0 spiro atoms. The molecule has 1 fully saturated rings. The van der Waals surface area contributed by atoms with E-state index in [-0.39, 0.29) is 24.2 Å². The van der Waals surface area contributed by atoms with Crippen molar-refractivity contribution in [2.75, 3.05) is 31.5 Å². The molecule has 6 nitrogen and oxygen atoms in total. The molecular formula is C19H31ClN4O2. The van der Waals surface area contributed by atoms with Crippen molar-refractivity contribution in [1.29, 1.82) is 0 Å². The molecule has 2 rings (SSSR count). The number of nitrogens with two attached hydrogens (primary N) is 1. The Kier molecular flexibility index (Phi) is 8.53. The molecule has 1 atom stereocenters. The molecule has 0 radical (unpaired) electrons. The van der Waals surface area contributed by atoms with Crippen molar-refractivity contribution in [1.82, 2.24) is 9.80 Å². The van der Waals surface area contributed by atoms with Gasteiger partial charge in [-0.2, -0.15) is 0 Å². The van der Waals surface area contributed by atoms with E-state index in [1.54, 1.807) is 13.8 Å². The zero-order valence-corrected chi connectivity index (χ0v) is 16.8. The first kappa shape index (κ1) is 22.4.